The van der Waals surface area contributed by atoms with Crippen LogP contribution in [0.4, 0.5) is 5.69 Å². The molecule has 1 aromatic carbocycles. The number of carbonyl (C=O) groups is 1. The van der Waals surface area contributed by atoms with Crippen LogP contribution in [0.15, 0.2) is 18.2 Å². The fourth-order valence-electron chi connectivity index (χ4n) is 3.72. The Morgan fingerprint density at radius 3 is 2.52 bits per heavy atom. The van der Waals surface area contributed by atoms with Crippen LogP contribution in [-0.4, -0.2) is 11.7 Å². The largest absolute Gasteiger partial charge is 0.448 e. The number of rotatable bonds is 2. The normalized spacial score (nSPS) is 22.9. The number of hydrogen-bond donors (Lipinski definition) is 1. The van der Waals surface area contributed by atoms with Gasteiger partial charge in [0.15, 0.2) is 11.5 Å². The van der Waals surface area contributed by atoms with Crippen molar-refractivity contribution in [3.05, 3.63) is 18.2 Å². The van der Waals surface area contributed by atoms with Gasteiger partial charge >= 0.3 is 0 Å². The second-order valence-corrected chi connectivity index (χ2v) is 6.45. The van der Waals surface area contributed by atoms with Crippen LogP contribution in [0.3, 0.4) is 0 Å². The SMILES string of the molecule is O=C(Nc1ccc2c(c1)OC1(CCCC1)O2)C1CCCC1. The molecule has 1 amide bonds. The molecule has 21 heavy (non-hydrogen) atoms. The van der Waals surface area contributed by atoms with Crippen LogP contribution in [0.25, 0.3) is 0 Å². The summed E-state index contributed by atoms with van der Waals surface area (Å²) < 4.78 is 12.0. The van der Waals surface area contributed by atoms with Gasteiger partial charge in [0.2, 0.25) is 5.91 Å². The number of hydrogen-bond acceptors (Lipinski definition) is 3. The maximum absolute atomic E-state index is 12.2. The van der Waals surface area contributed by atoms with E-state index >= 15 is 0 Å². The summed E-state index contributed by atoms with van der Waals surface area (Å²) in [7, 11) is 0. The first kappa shape index (κ1) is 13.0. The van der Waals surface area contributed by atoms with Gasteiger partial charge in [0.1, 0.15) is 0 Å². The molecule has 2 aliphatic carbocycles. The predicted octanol–water partition coefficient (Wildman–Crippen LogP) is 3.86. The van der Waals surface area contributed by atoms with E-state index in [1.54, 1.807) is 0 Å². The van der Waals surface area contributed by atoms with Gasteiger partial charge in [-0.15, -0.1) is 0 Å². The zero-order valence-corrected chi connectivity index (χ0v) is 12.2. The molecule has 0 unspecified atom stereocenters. The maximum atomic E-state index is 12.2. The molecule has 0 bridgehead atoms. The zero-order chi connectivity index (χ0) is 14.3. The van der Waals surface area contributed by atoms with Gasteiger partial charge < -0.3 is 14.8 Å². The Morgan fingerprint density at radius 2 is 1.76 bits per heavy atom. The van der Waals surface area contributed by atoms with Gasteiger partial charge in [-0.25, -0.2) is 0 Å². The van der Waals surface area contributed by atoms with Crippen molar-refractivity contribution in [3.8, 4) is 11.5 Å². The Balaban J connectivity index is 1.48. The number of carbonyl (C=O) groups excluding carboxylic acids is 1. The van der Waals surface area contributed by atoms with Crippen LogP contribution in [-0.2, 0) is 4.79 Å². The Hall–Kier alpha value is -1.71. The number of anilines is 1. The molecule has 0 aromatic heterocycles. The van der Waals surface area contributed by atoms with E-state index in [9.17, 15) is 4.79 Å². The third-order valence-electron chi connectivity index (χ3n) is 4.89. The van der Waals surface area contributed by atoms with Crippen molar-refractivity contribution < 1.29 is 14.3 Å². The summed E-state index contributed by atoms with van der Waals surface area (Å²) in [5, 5.41) is 3.02. The van der Waals surface area contributed by atoms with E-state index in [2.05, 4.69) is 5.32 Å². The van der Waals surface area contributed by atoms with E-state index in [0.717, 1.165) is 55.7 Å². The molecule has 112 valence electrons. The highest BCUT2D eigenvalue weighted by Gasteiger charge is 2.44. The van der Waals surface area contributed by atoms with E-state index in [4.69, 9.17) is 9.47 Å². The molecule has 0 radical (unpaired) electrons. The average molecular weight is 287 g/mol. The minimum atomic E-state index is -0.434. The highest BCUT2D eigenvalue weighted by atomic mass is 16.7. The molecule has 2 fully saturated rings. The Labute approximate surface area is 124 Å². The Morgan fingerprint density at radius 1 is 1.05 bits per heavy atom. The van der Waals surface area contributed by atoms with Gasteiger partial charge in [0.25, 0.3) is 5.79 Å². The van der Waals surface area contributed by atoms with Gasteiger partial charge in [0.05, 0.1) is 0 Å². The molecule has 2 saturated carbocycles. The van der Waals surface area contributed by atoms with E-state index in [1.165, 1.54) is 12.8 Å². The van der Waals surface area contributed by atoms with Crippen molar-refractivity contribution in [1.29, 1.82) is 0 Å². The fraction of sp³-hybridized carbons (Fsp3) is 0.588. The van der Waals surface area contributed by atoms with Crippen LogP contribution in [0.2, 0.25) is 0 Å². The van der Waals surface area contributed by atoms with Crippen molar-refractivity contribution >= 4 is 11.6 Å². The van der Waals surface area contributed by atoms with Crippen LogP contribution in [0, 0.1) is 5.92 Å². The number of fused-ring (bicyclic) bond motifs is 1. The molecule has 4 heteroatoms. The van der Waals surface area contributed by atoms with Crippen molar-refractivity contribution in [2.24, 2.45) is 5.92 Å². The minimum Gasteiger partial charge on any atom is -0.448 e. The Bertz CT molecular complexity index is 557. The van der Waals surface area contributed by atoms with Gasteiger partial charge in [-0.05, 0) is 37.8 Å². The molecule has 1 spiro atoms. The van der Waals surface area contributed by atoms with Crippen molar-refractivity contribution in [3.63, 3.8) is 0 Å². The van der Waals surface area contributed by atoms with Gasteiger partial charge in [-0.1, -0.05) is 12.8 Å². The number of benzene rings is 1. The van der Waals surface area contributed by atoms with Crippen LogP contribution in [0.1, 0.15) is 51.4 Å². The van der Waals surface area contributed by atoms with Gasteiger partial charge in [-0.3, -0.25) is 4.79 Å². The third-order valence-corrected chi connectivity index (χ3v) is 4.89. The second-order valence-electron chi connectivity index (χ2n) is 6.45. The number of ether oxygens (including phenoxy) is 2. The van der Waals surface area contributed by atoms with E-state index < -0.39 is 5.79 Å². The van der Waals surface area contributed by atoms with Crippen molar-refractivity contribution in [2.45, 2.75) is 57.2 Å². The minimum absolute atomic E-state index is 0.141. The summed E-state index contributed by atoms with van der Waals surface area (Å²) in [5.74, 6) is 1.45. The monoisotopic (exact) mass is 287 g/mol. The number of nitrogens with one attached hydrogen (secondary N) is 1. The molecule has 1 aliphatic heterocycles. The smallest absolute Gasteiger partial charge is 0.251 e. The lowest BCUT2D eigenvalue weighted by molar-refractivity contribution is -0.119. The number of amides is 1. The molecule has 4 rings (SSSR count). The van der Waals surface area contributed by atoms with E-state index in [1.807, 2.05) is 18.2 Å². The lowest BCUT2D eigenvalue weighted by Crippen LogP contribution is -2.34. The summed E-state index contributed by atoms with van der Waals surface area (Å²) in [5.41, 5.74) is 0.810. The fourth-order valence-corrected chi connectivity index (χ4v) is 3.72. The highest BCUT2D eigenvalue weighted by Crippen LogP contribution is 2.47. The van der Waals surface area contributed by atoms with E-state index in [-0.39, 0.29) is 11.8 Å². The summed E-state index contributed by atoms with van der Waals surface area (Å²) >= 11 is 0. The highest BCUT2D eigenvalue weighted by molar-refractivity contribution is 5.93. The average Bonchev–Trinajstić information content (AvgIpc) is 3.19. The predicted molar refractivity (Wildman–Crippen MR) is 79.5 cm³/mol. The lowest BCUT2D eigenvalue weighted by atomic mass is 10.1. The molecule has 1 N–H and O–H groups in total. The molecule has 0 saturated heterocycles. The summed E-state index contributed by atoms with van der Waals surface area (Å²) in [4.78, 5) is 12.2. The van der Waals surface area contributed by atoms with Gasteiger partial charge in [0, 0.05) is 30.5 Å². The molecular weight excluding hydrogens is 266 g/mol. The maximum Gasteiger partial charge on any atom is 0.251 e. The summed E-state index contributed by atoms with van der Waals surface area (Å²) in [6.45, 7) is 0. The van der Waals surface area contributed by atoms with Crippen LogP contribution < -0.4 is 14.8 Å². The van der Waals surface area contributed by atoms with E-state index in [0.29, 0.717) is 0 Å². The second kappa shape index (κ2) is 4.93. The standard InChI is InChI=1S/C17H21NO3/c19-16(12-5-1-2-6-12)18-13-7-8-14-15(11-13)21-17(20-14)9-3-4-10-17/h7-8,11-12H,1-6,9-10H2,(H,18,19). The molecule has 4 nitrogen and oxygen atoms in total. The molecule has 3 aliphatic rings. The van der Waals surface area contributed by atoms with Crippen LogP contribution >= 0.6 is 0 Å². The summed E-state index contributed by atoms with van der Waals surface area (Å²) in [6.07, 6.45) is 8.57. The van der Waals surface area contributed by atoms with Crippen molar-refractivity contribution in [2.75, 3.05) is 5.32 Å². The molecule has 1 aromatic rings. The first-order valence-corrected chi connectivity index (χ1v) is 8.07. The lowest BCUT2D eigenvalue weighted by Gasteiger charge is -2.21. The first-order valence-electron chi connectivity index (χ1n) is 8.07. The molecule has 1 heterocycles. The quantitative estimate of drug-likeness (QED) is 0.898. The topological polar surface area (TPSA) is 47.6 Å². The van der Waals surface area contributed by atoms with Crippen molar-refractivity contribution in [1.82, 2.24) is 0 Å². The molecular formula is C17H21NO3. The Kier molecular flexibility index (Phi) is 3.05. The zero-order valence-electron chi connectivity index (χ0n) is 12.2. The van der Waals surface area contributed by atoms with Crippen LogP contribution in [0.5, 0.6) is 11.5 Å². The first-order chi connectivity index (χ1) is 10.2. The molecule has 0 atom stereocenters. The third kappa shape index (κ3) is 2.37. The summed E-state index contributed by atoms with van der Waals surface area (Å²) in [6, 6.07) is 5.71. The van der Waals surface area contributed by atoms with Gasteiger partial charge in [-0.2, -0.15) is 0 Å².